The lowest BCUT2D eigenvalue weighted by Crippen LogP contribution is -2.12. The summed E-state index contributed by atoms with van der Waals surface area (Å²) in [5.41, 5.74) is 3.88. The van der Waals surface area contributed by atoms with Gasteiger partial charge in [0.15, 0.2) is 17.4 Å². The van der Waals surface area contributed by atoms with Gasteiger partial charge in [-0.25, -0.2) is 26.4 Å². The van der Waals surface area contributed by atoms with Crippen LogP contribution < -0.4 is 4.74 Å². The summed E-state index contributed by atoms with van der Waals surface area (Å²) >= 11 is 1.27. The van der Waals surface area contributed by atoms with Crippen LogP contribution in [-0.4, -0.2) is 46.0 Å². The molecule has 0 atom stereocenters. The average Bonchev–Trinajstić information content (AvgIpc) is 3.72. The van der Waals surface area contributed by atoms with Crippen molar-refractivity contribution in [3.05, 3.63) is 120 Å². The van der Waals surface area contributed by atoms with Gasteiger partial charge in [-0.3, -0.25) is 4.79 Å². The van der Waals surface area contributed by atoms with E-state index in [1.54, 1.807) is 72.7 Å². The Morgan fingerprint density at radius 3 is 2.52 bits per heavy atom. The second kappa shape index (κ2) is 14.0. The lowest BCUT2D eigenvalue weighted by molar-refractivity contribution is -0.143. The van der Waals surface area contributed by atoms with Crippen LogP contribution in [-0.2, 0) is 32.5 Å². The molecule has 48 heavy (non-hydrogen) atoms. The number of thioether (sulfide) groups is 1. The molecule has 2 heterocycles. The third kappa shape index (κ3) is 6.99. The van der Waals surface area contributed by atoms with Crippen molar-refractivity contribution in [3.63, 3.8) is 0 Å². The molecule has 0 aliphatic rings. The van der Waals surface area contributed by atoms with Crippen LogP contribution in [0.2, 0.25) is 0 Å². The molecule has 6 rings (SSSR count). The summed E-state index contributed by atoms with van der Waals surface area (Å²) in [5, 5.41) is 5.19. The smallest absolute Gasteiger partial charge is 0.306 e. The second-order valence-corrected chi connectivity index (χ2v) is 13.7. The molecule has 0 bridgehead atoms. The van der Waals surface area contributed by atoms with Crippen molar-refractivity contribution < 1.29 is 27.1 Å². The maximum Gasteiger partial charge on any atom is 0.306 e. The minimum absolute atomic E-state index is 0.000962. The van der Waals surface area contributed by atoms with Crippen molar-refractivity contribution >= 4 is 38.7 Å². The predicted octanol–water partition coefficient (Wildman–Crippen LogP) is 7.64. The normalized spacial score (nSPS) is 11.6. The van der Waals surface area contributed by atoms with Crippen molar-refractivity contribution in [1.82, 2.24) is 18.7 Å². The quantitative estimate of drug-likeness (QED) is 0.0957. The van der Waals surface area contributed by atoms with Crippen molar-refractivity contribution in [2.24, 2.45) is 0 Å². The van der Waals surface area contributed by atoms with Crippen LogP contribution in [0.1, 0.15) is 30.0 Å². The van der Waals surface area contributed by atoms with Crippen LogP contribution >= 0.6 is 11.8 Å². The molecule has 0 spiro atoms. The number of nitrogens with zero attached hydrogens (tertiary/aromatic N) is 4. The van der Waals surface area contributed by atoms with Crippen LogP contribution in [0.15, 0.2) is 107 Å². The zero-order valence-electron chi connectivity index (χ0n) is 26.6. The predicted molar refractivity (Wildman–Crippen MR) is 183 cm³/mol. The van der Waals surface area contributed by atoms with Crippen molar-refractivity contribution in [2.45, 2.75) is 43.0 Å². The first-order valence-corrected chi connectivity index (χ1v) is 17.9. The van der Waals surface area contributed by atoms with Gasteiger partial charge in [-0.1, -0.05) is 54.1 Å². The Balaban J connectivity index is 1.22. The van der Waals surface area contributed by atoms with Gasteiger partial charge in [-0.05, 0) is 68.0 Å². The number of esters is 1. The molecule has 0 fully saturated rings. The molecule has 2 aromatic heterocycles. The van der Waals surface area contributed by atoms with Crippen molar-refractivity contribution in [2.75, 3.05) is 12.9 Å². The Kier molecular flexibility index (Phi) is 9.65. The SMILES string of the molecule is CCOC(=O)CCc1cccc(Cn2cnc(-c3cccc(Oc4c(F)cc5c(ccn5S(=O)(=O)c5ccc(C)cc5)c4SC)c3)n2)c1. The Morgan fingerprint density at radius 1 is 0.979 bits per heavy atom. The van der Waals surface area contributed by atoms with Gasteiger partial charge >= 0.3 is 5.97 Å². The Labute approximate surface area is 282 Å². The molecule has 0 N–H and O–H groups in total. The van der Waals surface area contributed by atoms with E-state index >= 15 is 4.39 Å². The van der Waals surface area contributed by atoms with Gasteiger partial charge in [0.2, 0.25) is 0 Å². The molecular weight excluding hydrogens is 652 g/mol. The fourth-order valence-electron chi connectivity index (χ4n) is 5.38. The highest BCUT2D eigenvalue weighted by atomic mass is 32.2. The minimum atomic E-state index is -3.95. The molecule has 9 nitrogen and oxygen atoms in total. The zero-order chi connectivity index (χ0) is 33.8. The minimum Gasteiger partial charge on any atom is -0.466 e. The molecule has 12 heteroatoms. The fraction of sp³-hybridized carbons (Fsp3) is 0.194. The number of ether oxygens (including phenoxy) is 2. The van der Waals surface area contributed by atoms with Gasteiger partial charge in [0.1, 0.15) is 12.1 Å². The average molecular weight is 685 g/mol. The number of carbonyl (C=O) groups is 1. The molecule has 4 aromatic carbocycles. The highest BCUT2D eigenvalue weighted by molar-refractivity contribution is 7.99. The van der Waals surface area contributed by atoms with Crippen LogP contribution in [0, 0.1) is 12.7 Å². The lowest BCUT2D eigenvalue weighted by Gasteiger charge is -2.14. The molecule has 0 saturated heterocycles. The summed E-state index contributed by atoms with van der Waals surface area (Å²) in [5.74, 6) is -0.0645. The summed E-state index contributed by atoms with van der Waals surface area (Å²) in [6.07, 6.45) is 5.78. The molecule has 6 aromatic rings. The monoisotopic (exact) mass is 684 g/mol. The molecule has 246 valence electrons. The summed E-state index contributed by atoms with van der Waals surface area (Å²) in [6.45, 7) is 4.52. The lowest BCUT2D eigenvalue weighted by atomic mass is 10.1. The number of hydrogen-bond acceptors (Lipinski definition) is 8. The maximum absolute atomic E-state index is 15.7. The third-order valence-electron chi connectivity index (χ3n) is 7.71. The van der Waals surface area contributed by atoms with Crippen LogP contribution in [0.5, 0.6) is 11.5 Å². The standard InChI is InChI=1S/C36H33FN4O5S2/c1-4-45-33(42)16-13-25-7-5-8-26(19-25)22-40-23-38-36(39-40)27-9-6-10-28(20-27)46-34-31(37)21-32-30(35(34)47-3)17-18-41(32)48(43,44)29-14-11-24(2)12-15-29/h5-12,14-15,17-21,23H,4,13,16,22H2,1-3H3. The number of aromatic nitrogens is 4. The number of aryl methyl sites for hydroxylation is 2. The van der Waals surface area contributed by atoms with Crippen LogP contribution in [0.25, 0.3) is 22.3 Å². The Hall–Kier alpha value is -4.94. The molecule has 0 radical (unpaired) electrons. The molecule has 0 unspecified atom stereocenters. The Bertz CT molecular complexity index is 2210. The van der Waals surface area contributed by atoms with E-state index in [1.165, 1.54) is 24.0 Å². The van der Waals surface area contributed by atoms with Gasteiger partial charge in [0.25, 0.3) is 10.0 Å². The van der Waals surface area contributed by atoms with E-state index in [-0.39, 0.29) is 22.1 Å². The number of rotatable bonds is 12. The van der Waals surface area contributed by atoms with E-state index in [0.29, 0.717) is 53.4 Å². The number of fused-ring (bicyclic) bond motifs is 1. The summed E-state index contributed by atoms with van der Waals surface area (Å²) in [7, 11) is -3.95. The maximum atomic E-state index is 15.7. The third-order valence-corrected chi connectivity index (χ3v) is 10.2. The topological polar surface area (TPSA) is 105 Å². The van der Waals surface area contributed by atoms with Gasteiger partial charge in [0.05, 0.1) is 28.5 Å². The first-order chi connectivity index (χ1) is 23.2. The second-order valence-electron chi connectivity index (χ2n) is 11.1. The zero-order valence-corrected chi connectivity index (χ0v) is 28.2. The highest BCUT2D eigenvalue weighted by Gasteiger charge is 2.24. The van der Waals surface area contributed by atoms with Gasteiger partial charge < -0.3 is 9.47 Å². The molecule has 0 aliphatic carbocycles. The number of halogens is 1. The first kappa shape index (κ1) is 33.0. The van der Waals surface area contributed by atoms with E-state index in [4.69, 9.17) is 9.47 Å². The fourth-order valence-corrected chi connectivity index (χ4v) is 7.43. The molecule has 0 amide bonds. The molecular formula is C36H33FN4O5S2. The highest BCUT2D eigenvalue weighted by Crippen LogP contribution is 2.41. The number of benzene rings is 4. The van der Waals surface area contributed by atoms with Gasteiger partial charge in [-0.15, -0.1) is 11.8 Å². The van der Waals surface area contributed by atoms with Crippen molar-refractivity contribution in [3.8, 4) is 22.9 Å². The largest absolute Gasteiger partial charge is 0.466 e. The Morgan fingerprint density at radius 2 is 1.75 bits per heavy atom. The molecule has 0 saturated carbocycles. The first-order valence-electron chi connectivity index (χ1n) is 15.3. The van der Waals surface area contributed by atoms with E-state index in [0.717, 1.165) is 20.7 Å². The summed E-state index contributed by atoms with van der Waals surface area (Å²) < 4.78 is 56.6. The number of hydrogen-bond donors (Lipinski definition) is 0. The van der Waals surface area contributed by atoms with E-state index in [9.17, 15) is 13.2 Å². The number of carbonyl (C=O) groups excluding carboxylic acids is 1. The molecule has 0 aliphatic heterocycles. The summed E-state index contributed by atoms with van der Waals surface area (Å²) in [4.78, 5) is 16.8. The van der Waals surface area contributed by atoms with Gasteiger partial charge in [0, 0.05) is 29.6 Å². The van der Waals surface area contributed by atoms with Crippen LogP contribution in [0.3, 0.4) is 0 Å². The van der Waals surface area contributed by atoms with E-state index < -0.39 is 15.8 Å². The van der Waals surface area contributed by atoms with Crippen LogP contribution in [0.4, 0.5) is 4.39 Å². The van der Waals surface area contributed by atoms with Gasteiger partial charge in [-0.2, -0.15) is 5.10 Å². The summed E-state index contributed by atoms with van der Waals surface area (Å²) in [6, 6.07) is 24.4. The van der Waals surface area contributed by atoms with Crippen molar-refractivity contribution in [1.29, 1.82) is 0 Å². The van der Waals surface area contributed by atoms with E-state index in [2.05, 4.69) is 10.1 Å². The van der Waals surface area contributed by atoms with E-state index in [1.807, 2.05) is 37.3 Å².